The number of ether oxygens (including phenoxy) is 2. The largest absolute Gasteiger partial charge is 0.485 e. The number of hydrogen-bond donors (Lipinski definition) is 2. The van der Waals surface area contributed by atoms with Crippen LogP contribution in [0.5, 0.6) is 5.75 Å². The van der Waals surface area contributed by atoms with Gasteiger partial charge in [0.2, 0.25) is 0 Å². The van der Waals surface area contributed by atoms with Crippen molar-refractivity contribution < 1.29 is 19.1 Å². The summed E-state index contributed by atoms with van der Waals surface area (Å²) in [5, 5.41) is 11.1. The number of aryl methyl sites for hydroxylation is 1. The molecule has 1 fully saturated rings. The molecule has 2 aliphatic rings. The third-order valence-electron chi connectivity index (χ3n) is 6.49. The lowest BCUT2D eigenvalue weighted by Crippen LogP contribution is -2.53. The fourth-order valence-corrected chi connectivity index (χ4v) is 4.77. The van der Waals surface area contributed by atoms with Crippen LogP contribution in [0.3, 0.4) is 0 Å². The second kappa shape index (κ2) is 8.38. The van der Waals surface area contributed by atoms with Gasteiger partial charge in [0.05, 0.1) is 29.9 Å². The maximum atomic E-state index is 13.3. The van der Waals surface area contributed by atoms with Crippen LogP contribution in [0.25, 0.3) is 10.9 Å². The quantitative estimate of drug-likeness (QED) is 0.633. The number of piperidine rings is 1. The van der Waals surface area contributed by atoms with Crippen LogP contribution in [-0.2, 0) is 4.74 Å². The number of H-pyrrole nitrogens is 1. The Hall–Kier alpha value is -3.62. The van der Waals surface area contributed by atoms with Gasteiger partial charge in [0, 0.05) is 43.4 Å². The lowest BCUT2D eigenvalue weighted by atomic mass is 9.81. The van der Waals surface area contributed by atoms with Crippen LogP contribution in [0.2, 0.25) is 0 Å². The van der Waals surface area contributed by atoms with E-state index in [0.717, 1.165) is 16.8 Å². The van der Waals surface area contributed by atoms with Crippen molar-refractivity contribution in [3.8, 4) is 5.75 Å². The van der Waals surface area contributed by atoms with E-state index >= 15 is 0 Å². The van der Waals surface area contributed by atoms with Gasteiger partial charge < -0.3 is 19.7 Å². The number of nitrogens with one attached hydrogen (secondary N) is 2. The Balaban J connectivity index is 1.41. The fourth-order valence-electron chi connectivity index (χ4n) is 4.77. The Kier molecular flexibility index (Phi) is 5.39. The Bertz CT molecular complexity index is 1200. The molecule has 1 saturated heterocycles. The van der Waals surface area contributed by atoms with Gasteiger partial charge in [-0.15, -0.1) is 0 Å². The third kappa shape index (κ3) is 3.99. The molecular formula is C24H27N5O4. The molecule has 9 nitrogen and oxygen atoms in total. The minimum Gasteiger partial charge on any atom is -0.485 e. The lowest BCUT2D eigenvalue weighted by molar-refractivity contribution is -0.0244. The first kappa shape index (κ1) is 21.2. The van der Waals surface area contributed by atoms with Gasteiger partial charge in [0.25, 0.3) is 5.91 Å². The van der Waals surface area contributed by atoms with Gasteiger partial charge in [0.15, 0.2) is 0 Å². The summed E-state index contributed by atoms with van der Waals surface area (Å²) in [7, 11) is 0. The van der Waals surface area contributed by atoms with E-state index < -0.39 is 5.60 Å². The van der Waals surface area contributed by atoms with Gasteiger partial charge in [-0.1, -0.05) is 12.1 Å². The zero-order valence-corrected chi connectivity index (χ0v) is 18.8. The number of amides is 2. The van der Waals surface area contributed by atoms with Crippen LogP contribution in [0.1, 0.15) is 54.0 Å². The van der Waals surface area contributed by atoms with Crippen LogP contribution in [-0.4, -0.2) is 57.4 Å². The first-order valence-electron chi connectivity index (χ1n) is 11.3. The Labute approximate surface area is 191 Å². The molecule has 2 amide bonds. The summed E-state index contributed by atoms with van der Waals surface area (Å²) < 4.78 is 11.6. The number of rotatable bonds is 3. The van der Waals surface area contributed by atoms with Crippen LogP contribution in [0.4, 0.5) is 4.79 Å². The smallest absolute Gasteiger partial charge is 0.409 e. The van der Waals surface area contributed by atoms with Gasteiger partial charge in [-0.3, -0.25) is 14.9 Å². The maximum Gasteiger partial charge on any atom is 0.409 e. The molecule has 1 aromatic carbocycles. The molecule has 0 radical (unpaired) electrons. The average Bonchev–Trinajstić information content (AvgIpc) is 3.29. The highest BCUT2D eigenvalue weighted by Crippen LogP contribution is 2.43. The first-order chi connectivity index (χ1) is 16.0. The SMILES string of the molecule is CCOC(=O)N1CCC2(CC1)C[C@H](NC(=O)c1cccc3cn[nH]c13)c1nc(C)ccc1O2. The summed E-state index contributed by atoms with van der Waals surface area (Å²) in [4.78, 5) is 31.9. The minimum atomic E-state index is -0.481. The summed E-state index contributed by atoms with van der Waals surface area (Å²) in [5.74, 6) is 0.492. The highest BCUT2D eigenvalue weighted by atomic mass is 16.6. The molecule has 0 aliphatic carbocycles. The topological polar surface area (TPSA) is 109 Å². The normalized spacial score (nSPS) is 19.1. The van der Waals surface area contributed by atoms with E-state index in [1.165, 1.54) is 0 Å². The predicted octanol–water partition coefficient (Wildman–Crippen LogP) is 3.51. The minimum absolute atomic E-state index is 0.190. The number of aromatic amines is 1. The number of hydrogen-bond acceptors (Lipinski definition) is 6. The van der Waals surface area contributed by atoms with Crippen LogP contribution < -0.4 is 10.1 Å². The average molecular weight is 450 g/mol. The summed E-state index contributed by atoms with van der Waals surface area (Å²) in [6.07, 6.45) is 3.30. The van der Waals surface area contributed by atoms with Crippen molar-refractivity contribution in [2.45, 2.75) is 44.8 Å². The van der Waals surface area contributed by atoms with Gasteiger partial charge >= 0.3 is 6.09 Å². The fraction of sp³-hybridized carbons (Fsp3) is 0.417. The Morgan fingerprint density at radius 1 is 1.27 bits per heavy atom. The standard InChI is InChI=1S/C24H27N5O4/c1-3-32-23(31)29-11-9-24(10-12-29)13-18(21-19(33-24)8-7-15(2)26-21)27-22(30)17-6-4-5-16-14-25-28-20(16)17/h4-8,14,18H,3,9-13H2,1-2H3,(H,25,28)(H,27,30)/t18-/m0/s1. The monoisotopic (exact) mass is 449 g/mol. The zero-order valence-electron chi connectivity index (χ0n) is 18.8. The van der Waals surface area contributed by atoms with Crippen molar-refractivity contribution in [3.05, 3.63) is 53.5 Å². The highest BCUT2D eigenvalue weighted by molar-refractivity contribution is 6.05. The first-order valence-corrected chi connectivity index (χ1v) is 11.3. The molecule has 3 aromatic rings. The third-order valence-corrected chi connectivity index (χ3v) is 6.49. The van der Waals surface area contributed by atoms with Crippen molar-refractivity contribution in [1.29, 1.82) is 0 Å². The van der Waals surface area contributed by atoms with E-state index in [2.05, 4.69) is 15.5 Å². The molecular weight excluding hydrogens is 422 g/mol. The Morgan fingerprint density at radius 3 is 2.88 bits per heavy atom. The maximum absolute atomic E-state index is 13.3. The molecule has 0 unspecified atom stereocenters. The van der Waals surface area contributed by atoms with Gasteiger partial charge in [-0.25, -0.2) is 4.79 Å². The van der Waals surface area contributed by atoms with E-state index in [0.29, 0.717) is 55.8 Å². The van der Waals surface area contributed by atoms with Crippen molar-refractivity contribution in [2.75, 3.05) is 19.7 Å². The molecule has 33 heavy (non-hydrogen) atoms. The molecule has 2 N–H and O–H groups in total. The van der Waals surface area contributed by atoms with Crippen LogP contribution in [0, 0.1) is 6.92 Å². The summed E-state index contributed by atoms with van der Waals surface area (Å²) in [5.41, 5.74) is 2.36. The summed E-state index contributed by atoms with van der Waals surface area (Å²) in [6.45, 7) is 5.17. The van der Waals surface area contributed by atoms with Gasteiger partial charge in [0.1, 0.15) is 17.0 Å². The molecule has 1 atom stereocenters. The van der Waals surface area contributed by atoms with Crippen molar-refractivity contribution >= 4 is 22.9 Å². The highest BCUT2D eigenvalue weighted by Gasteiger charge is 2.45. The number of likely N-dealkylation sites (tertiary alicyclic amines) is 1. The zero-order chi connectivity index (χ0) is 23.0. The summed E-state index contributed by atoms with van der Waals surface area (Å²) >= 11 is 0. The van der Waals surface area contributed by atoms with Gasteiger partial charge in [-0.05, 0) is 32.0 Å². The molecule has 4 heterocycles. The lowest BCUT2D eigenvalue weighted by Gasteiger charge is -2.46. The van der Waals surface area contributed by atoms with E-state index in [9.17, 15) is 9.59 Å². The van der Waals surface area contributed by atoms with E-state index in [4.69, 9.17) is 14.5 Å². The number of para-hydroxylation sites is 1. The second-order valence-corrected chi connectivity index (χ2v) is 8.68. The number of fused-ring (bicyclic) bond motifs is 2. The molecule has 9 heteroatoms. The van der Waals surface area contributed by atoms with Crippen molar-refractivity contribution in [2.24, 2.45) is 0 Å². The molecule has 0 saturated carbocycles. The van der Waals surface area contributed by atoms with E-state index in [-0.39, 0.29) is 18.0 Å². The number of carbonyl (C=O) groups excluding carboxylic acids is 2. The number of benzene rings is 1. The van der Waals surface area contributed by atoms with Crippen molar-refractivity contribution in [1.82, 2.24) is 25.4 Å². The number of aromatic nitrogens is 3. The molecule has 1 spiro atoms. The molecule has 2 aliphatic heterocycles. The number of nitrogens with zero attached hydrogens (tertiary/aromatic N) is 3. The Morgan fingerprint density at radius 2 is 2.09 bits per heavy atom. The molecule has 2 aromatic heterocycles. The number of carbonyl (C=O) groups is 2. The van der Waals surface area contributed by atoms with Gasteiger partial charge in [-0.2, -0.15) is 5.10 Å². The summed E-state index contributed by atoms with van der Waals surface area (Å²) in [6, 6.07) is 9.07. The van der Waals surface area contributed by atoms with Crippen LogP contribution >= 0.6 is 0 Å². The molecule has 0 bridgehead atoms. The number of pyridine rings is 1. The second-order valence-electron chi connectivity index (χ2n) is 8.68. The van der Waals surface area contributed by atoms with E-state index in [1.807, 2.05) is 31.2 Å². The van der Waals surface area contributed by atoms with Crippen molar-refractivity contribution in [3.63, 3.8) is 0 Å². The van der Waals surface area contributed by atoms with E-state index in [1.54, 1.807) is 24.1 Å². The molecule has 5 rings (SSSR count). The van der Waals surface area contributed by atoms with Crippen LogP contribution in [0.15, 0.2) is 36.5 Å². The predicted molar refractivity (Wildman–Crippen MR) is 121 cm³/mol. The molecule has 172 valence electrons.